The average Bonchev–Trinajstić information content (AvgIpc) is 3.72. The average molecular weight is 625 g/mol. The monoisotopic (exact) mass is 624 g/mol. The van der Waals surface area contributed by atoms with Crippen LogP contribution >= 0.6 is 0 Å². The summed E-state index contributed by atoms with van der Waals surface area (Å²) < 4.78 is 127. The van der Waals surface area contributed by atoms with Crippen molar-refractivity contribution in [3.63, 3.8) is 0 Å². The second-order valence-corrected chi connectivity index (χ2v) is 10.4. The summed E-state index contributed by atoms with van der Waals surface area (Å²) in [4.78, 5) is 41.0. The number of nitrogens with zero attached hydrogens (tertiary/aromatic N) is 2. The van der Waals surface area contributed by atoms with Crippen molar-refractivity contribution in [1.29, 1.82) is 0 Å². The van der Waals surface area contributed by atoms with Crippen LogP contribution < -0.4 is 4.90 Å². The minimum atomic E-state index is -5.19. The van der Waals surface area contributed by atoms with E-state index in [2.05, 4.69) is 0 Å². The van der Waals surface area contributed by atoms with E-state index in [1.54, 1.807) is 0 Å². The van der Waals surface area contributed by atoms with Gasteiger partial charge < -0.3 is 4.74 Å². The number of alkyl halides is 9. The van der Waals surface area contributed by atoms with Crippen LogP contribution in [0.1, 0.15) is 67.0 Å². The number of rotatable bonds is 5. The van der Waals surface area contributed by atoms with Crippen molar-refractivity contribution in [3.05, 3.63) is 64.2 Å². The smallest absolute Gasteiger partial charge is 0.416 e. The molecule has 1 aliphatic heterocycles. The molecule has 1 fully saturated rings. The van der Waals surface area contributed by atoms with Gasteiger partial charge in [0.25, 0.3) is 0 Å². The van der Waals surface area contributed by atoms with Crippen molar-refractivity contribution in [2.24, 2.45) is 5.92 Å². The molecule has 0 spiro atoms. The Morgan fingerprint density at radius 2 is 1.42 bits per heavy atom. The second-order valence-electron chi connectivity index (χ2n) is 10.4. The minimum Gasteiger partial charge on any atom is -0.449 e. The van der Waals surface area contributed by atoms with Crippen LogP contribution in [0.3, 0.4) is 0 Å². The van der Waals surface area contributed by atoms with E-state index in [1.165, 1.54) is 11.8 Å². The van der Waals surface area contributed by atoms with E-state index >= 15 is 0 Å². The van der Waals surface area contributed by atoms with Gasteiger partial charge in [-0.05, 0) is 79.6 Å². The standard InChI is InChI=1S/C28H25F9N2O4/c1-3-43-25(42)39-21-7-6-17(26(29,30)31)12-20(21)23(13-22(39)16-4-5-16)38(14(2)40)24(41)10-15-8-18(27(32,33)34)11-19(9-15)28(35,36)37/h6-9,11-12,16,22-23H,3-5,10,13H2,1-2H3. The fourth-order valence-electron chi connectivity index (χ4n) is 5.36. The topological polar surface area (TPSA) is 66.9 Å². The van der Waals surface area contributed by atoms with Crippen molar-refractivity contribution in [2.75, 3.05) is 11.5 Å². The first-order chi connectivity index (χ1) is 19.8. The number of hydrogen-bond acceptors (Lipinski definition) is 4. The van der Waals surface area contributed by atoms with Crippen LogP contribution in [-0.2, 0) is 39.3 Å². The number of fused-ring (bicyclic) bond motifs is 1. The zero-order valence-corrected chi connectivity index (χ0v) is 22.7. The normalized spacial score (nSPS) is 19.1. The maximum absolute atomic E-state index is 13.7. The number of ether oxygens (including phenoxy) is 1. The van der Waals surface area contributed by atoms with Crippen LogP contribution in [0.15, 0.2) is 36.4 Å². The molecule has 2 atom stereocenters. The van der Waals surface area contributed by atoms with Crippen LogP contribution in [-0.4, -0.2) is 35.5 Å². The third-order valence-electron chi connectivity index (χ3n) is 7.32. The molecule has 15 heteroatoms. The molecule has 234 valence electrons. The number of benzene rings is 2. The van der Waals surface area contributed by atoms with Crippen molar-refractivity contribution in [2.45, 2.75) is 70.1 Å². The number of hydrogen-bond donors (Lipinski definition) is 0. The molecule has 0 N–H and O–H groups in total. The zero-order valence-electron chi connectivity index (χ0n) is 22.7. The number of amides is 3. The lowest BCUT2D eigenvalue weighted by molar-refractivity contribution is -0.148. The van der Waals surface area contributed by atoms with Gasteiger partial charge in [0.05, 0.1) is 41.4 Å². The molecule has 1 heterocycles. The SMILES string of the molecule is CCOC(=O)N1c2ccc(C(F)(F)F)cc2C(N(C(C)=O)C(=O)Cc2cc(C(F)(F)F)cc(C(F)(F)F)c2)CC1C1CC1. The Balaban J connectivity index is 1.82. The number of halogens is 9. The van der Waals surface area contributed by atoms with Crippen LogP contribution in [0, 0.1) is 5.92 Å². The molecule has 0 radical (unpaired) electrons. The lowest BCUT2D eigenvalue weighted by Crippen LogP contribution is -2.51. The van der Waals surface area contributed by atoms with E-state index in [-0.39, 0.29) is 36.3 Å². The van der Waals surface area contributed by atoms with Gasteiger partial charge >= 0.3 is 24.6 Å². The first-order valence-corrected chi connectivity index (χ1v) is 13.1. The Kier molecular flexibility index (Phi) is 8.50. The highest BCUT2D eigenvalue weighted by Crippen LogP contribution is 2.49. The van der Waals surface area contributed by atoms with E-state index < -0.39 is 77.2 Å². The molecule has 2 unspecified atom stereocenters. The molecule has 2 aromatic rings. The summed E-state index contributed by atoms with van der Waals surface area (Å²) in [6.45, 7) is 2.38. The van der Waals surface area contributed by atoms with E-state index in [4.69, 9.17) is 4.74 Å². The molecule has 2 aromatic carbocycles. The van der Waals surface area contributed by atoms with Gasteiger partial charge in [-0.15, -0.1) is 0 Å². The molecule has 0 saturated heterocycles. The molecule has 43 heavy (non-hydrogen) atoms. The Morgan fingerprint density at radius 1 is 0.860 bits per heavy atom. The van der Waals surface area contributed by atoms with Crippen molar-refractivity contribution < 1.29 is 58.6 Å². The third kappa shape index (κ3) is 6.90. The molecule has 2 aliphatic rings. The van der Waals surface area contributed by atoms with E-state index in [0.717, 1.165) is 19.1 Å². The zero-order chi connectivity index (χ0) is 32.1. The van der Waals surface area contributed by atoms with Gasteiger partial charge in [0.15, 0.2) is 0 Å². The Hall–Kier alpha value is -3.78. The molecule has 1 saturated carbocycles. The fourth-order valence-corrected chi connectivity index (χ4v) is 5.36. The van der Waals surface area contributed by atoms with Crippen molar-refractivity contribution in [1.82, 2.24) is 4.90 Å². The van der Waals surface area contributed by atoms with Gasteiger partial charge in [-0.1, -0.05) is 0 Å². The van der Waals surface area contributed by atoms with E-state index in [9.17, 15) is 53.9 Å². The lowest BCUT2D eigenvalue weighted by Gasteiger charge is -2.43. The minimum absolute atomic E-state index is 0.0545. The first-order valence-electron chi connectivity index (χ1n) is 13.1. The van der Waals surface area contributed by atoms with Gasteiger partial charge in [-0.3, -0.25) is 19.4 Å². The maximum Gasteiger partial charge on any atom is 0.416 e. The summed E-state index contributed by atoms with van der Waals surface area (Å²) in [7, 11) is 0. The van der Waals surface area contributed by atoms with E-state index in [0.29, 0.717) is 35.9 Å². The molecular formula is C28H25F9N2O4. The van der Waals surface area contributed by atoms with Gasteiger partial charge in [0, 0.05) is 13.0 Å². The van der Waals surface area contributed by atoms with E-state index in [1.807, 2.05) is 0 Å². The molecule has 6 nitrogen and oxygen atoms in total. The van der Waals surface area contributed by atoms with Crippen LogP contribution in [0.2, 0.25) is 0 Å². The van der Waals surface area contributed by atoms with Crippen LogP contribution in [0.5, 0.6) is 0 Å². The summed E-state index contributed by atoms with van der Waals surface area (Å²) in [6.07, 6.45) is -16.2. The molecule has 1 aliphatic carbocycles. The number of carbonyl (C=O) groups is 3. The molecule has 4 rings (SSSR count). The number of imide groups is 1. The summed E-state index contributed by atoms with van der Waals surface area (Å²) in [5.41, 5.74) is -5.51. The van der Waals surface area contributed by atoms with Crippen molar-refractivity contribution >= 4 is 23.6 Å². The fraction of sp³-hybridized carbons (Fsp3) is 0.464. The molecular weight excluding hydrogens is 599 g/mol. The van der Waals surface area contributed by atoms with Gasteiger partial charge in [0.2, 0.25) is 11.8 Å². The van der Waals surface area contributed by atoms with Crippen LogP contribution in [0.4, 0.5) is 50.0 Å². The third-order valence-corrected chi connectivity index (χ3v) is 7.32. The van der Waals surface area contributed by atoms with Gasteiger partial charge in [0.1, 0.15) is 0 Å². The van der Waals surface area contributed by atoms with Crippen LogP contribution in [0.25, 0.3) is 0 Å². The summed E-state index contributed by atoms with van der Waals surface area (Å²) >= 11 is 0. The van der Waals surface area contributed by atoms with Gasteiger partial charge in [-0.25, -0.2) is 4.79 Å². The Labute approximate surface area is 239 Å². The first kappa shape index (κ1) is 32.1. The van der Waals surface area contributed by atoms with Gasteiger partial charge in [-0.2, -0.15) is 39.5 Å². The highest BCUT2D eigenvalue weighted by molar-refractivity contribution is 5.97. The highest BCUT2D eigenvalue weighted by atomic mass is 19.4. The second kappa shape index (κ2) is 11.4. The maximum atomic E-state index is 13.7. The molecule has 0 aromatic heterocycles. The summed E-state index contributed by atoms with van der Waals surface area (Å²) in [5, 5.41) is 0. The summed E-state index contributed by atoms with van der Waals surface area (Å²) in [5.74, 6) is -2.38. The van der Waals surface area contributed by atoms with Crippen molar-refractivity contribution in [3.8, 4) is 0 Å². The lowest BCUT2D eigenvalue weighted by atomic mass is 9.86. The highest BCUT2D eigenvalue weighted by Gasteiger charge is 2.48. The number of carbonyl (C=O) groups excluding carboxylic acids is 3. The Bertz CT molecular complexity index is 1380. The predicted octanol–water partition coefficient (Wildman–Crippen LogP) is 7.55. The summed E-state index contributed by atoms with van der Waals surface area (Å²) in [6, 6.07) is 0.858. The molecule has 0 bridgehead atoms. The Morgan fingerprint density at radius 3 is 1.88 bits per heavy atom. The number of anilines is 1. The molecule has 3 amide bonds. The quantitative estimate of drug-likeness (QED) is 0.323. The predicted molar refractivity (Wildman–Crippen MR) is 132 cm³/mol. The largest absolute Gasteiger partial charge is 0.449 e.